The molecule has 5 aromatic rings. The zero-order valence-electron chi connectivity index (χ0n) is 34.5. The molecule has 14 heteroatoms. The molecule has 0 unspecified atom stereocenters. The van der Waals surface area contributed by atoms with E-state index in [1.807, 2.05) is 75.4 Å². The first kappa shape index (κ1) is 41.3. The van der Waals surface area contributed by atoms with E-state index in [4.69, 9.17) is 19.4 Å². The van der Waals surface area contributed by atoms with Crippen LogP contribution in [0, 0.1) is 17.8 Å². The maximum atomic E-state index is 13.9. The van der Waals surface area contributed by atoms with Crippen molar-refractivity contribution in [3.8, 4) is 45.5 Å². The van der Waals surface area contributed by atoms with Crippen molar-refractivity contribution < 1.29 is 28.7 Å². The summed E-state index contributed by atoms with van der Waals surface area (Å²) in [5.41, 5.74) is 6.98. The molecule has 2 aliphatic heterocycles. The second kappa shape index (κ2) is 18.4. The molecule has 0 bridgehead atoms. The van der Waals surface area contributed by atoms with Crippen LogP contribution in [0.3, 0.4) is 0 Å². The van der Waals surface area contributed by atoms with E-state index in [0.29, 0.717) is 30.3 Å². The van der Waals surface area contributed by atoms with Crippen molar-refractivity contribution in [1.82, 2.24) is 40.4 Å². The minimum absolute atomic E-state index is 0.123. The number of ether oxygens (including phenoxy) is 2. The van der Waals surface area contributed by atoms with Gasteiger partial charge in [-0.25, -0.2) is 19.6 Å². The SMILES string of the molecule is CC#Cc1cc(-c2cnc([C@@H]3CCCN3C(=O)[C@@H](NC(=O)OC)C(C)C)[nH]2)ccc1-c1ccc(-c2cnc([C@@H]3CCCN3C(=O)[C@H](NC(=O)OC)c3ccccc3)[nH]2)cc1. The van der Waals surface area contributed by atoms with Crippen LogP contribution in [0.2, 0.25) is 0 Å². The molecule has 0 saturated carbocycles. The Morgan fingerprint density at radius 3 is 1.87 bits per heavy atom. The first-order chi connectivity index (χ1) is 29.1. The van der Waals surface area contributed by atoms with Crippen molar-refractivity contribution in [3.05, 3.63) is 108 Å². The molecular formula is C46H50N8O6. The average molecular weight is 811 g/mol. The fourth-order valence-electron chi connectivity index (χ4n) is 8.12. The van der Waals surface area contributed by atoms with E-state index in [-0.39, 0.29) is 29.8 Å². The van der Waals surface area contributed by atoms with Crippen molar-refractivity contribution in [2.45, 2.75) is 70.6 Å². The van der Waals surface area contributed by atoms with Crippen LogP contribution < -0.4 is 10.6 Å². The molecule has 2 fully saturated rings. The summed E-state index contributed by atoms with van der Waals surface area (Å²) in [5, 5.41) is 5.41. The van der Waals surface area contributed by atoms with Gasteiger partial charge >= 0.3 is 12.2 Å². The third kappa shape index (κ3) is 8.75. The van der Waals surface area contributed by atoms with Crippen LogP contribution >= 0.6 is 0 Å². The number of amides is 4. The maximum absolute atomic E-state index is 13.9. The quantitative estimate of drug-likeness (QED) is 0.101. The van der Waals surface area contributed by atoms with Gasteiger partial charge in [0.05, 0.1) is 50.1 Å². The minimum atomic E-state index is -0.892. The molecule has 14 nitrogen and oxygen atoms in total. The smallest absolute Gasteiger partial charge is 0.407 e. The van der Waals surface area contributed by atoms with E-state index >= 15 is 0 Å². The summed E-state index contributed by atoms with van der Waals surface area (Å²) in [6.45, 7) is 6.72. The number of benzene rings is 3. The van der Waals surface area contributed by atoms with E-state index < -0.39 is 24.3 Å². The summed E-state index contributed by atoms with van der Waals surface area (Å²) in [6.07, 6.45) is 5.39. The van der Waals surface area contributed by atoms with Crippen molar-refractivity contribution in [2.75, 3.05) is 27.3 Å². The van der Waals surface area contributed by atoms with Gasteiger partial charge in [0.15, 0.2) is 0 Å². The van der Waals surface area contributed by atoms with Crippen molar-refractivity contribution in [2.24, 2.45) is 5.92 Å². The van der Waals surface area contributed by atoms with Crippen LogP contribution in [0.4, 0.5) is 9.59 Å². The van der Waals surface area contributed by atoms with E-state index in [1.165, 1.54) is 14.2 Å². The Kier molecular flexibility index (Phi) is 12.6. The number of H-pyrrole nitrogens is 2. The minimum Gasteiger partial charge on any atom is -0.453 e. The van der Waals surface area contributed by atoms with E-state index in [1.54, 1.807) is 22.2 Å². The largest absolute Gasteiger partial charge is 0.453 e. The number of nitrogens with one attached hydrogen (secondary N) is 4. The molecule has 4 atom stereocenters. The molecule has 4 heterocycles. The first-order valence-corrected chi connectivity index (χ1v) is 20.2. The predicted octanol–water partition coefficient (Wildman–Crippen LogP) is 7.31. The molecule has 4 amide bonds. The molecule has 2 aromatic heterocycles. The lowest BCUT2D eigenvalue weighted by molar-refractivity contribution is -0.135. The highest BCUT2D eigenvalue weighted by molar-refractivity contribution is 5.88. The second-order valence-electron chi connectivity index (χ2n) is 15.3. The van der Waals surface area contributed by atoms with Crippen LogP contribution in [0.15, 0.2) is 85.2 Å². The van der Waals surface area contributed by atoms with Crippen molar-refractivity contribution in [3.63, 3.8) is 0 Å². The molecule has 7 rings (SSSR count). The Bertz CT molecular complexity index is 2400. The fourth-order valence-corrected chi connectivity index (χ4v) is 8.12. The number of nitrogens with zero attached hydrogens (tertiary/aromatic N) is 4. The number of hydrogen-bond acceptors (Lipinski definition) is 8. The molecule has 0 spiro atoms. The highest BCUT2D eigenvalue weighted by atomic mass is 16.5. The van der Waals surface area contributed by atoms with Crippen LogP contribution in [-0.4, -0.2) is 87.1 Å². The summed E-state index contributed by atoms with van der Waals surface area (Å²) in [4.78, 5) is 71.8. The van der Waals surface area contributed by atoms with Gasteiger partial charge in [-0.15, -0.1) is 5.92 Å². The first-order valence-electron chi connectivity index (χ1n) is 20.2. The summed E-state index contributed by atoms with van der Waals surface area (Å²) in [5.74, 6) is 7.21. The van der Waals surface area contributed by atoms with Gasteiger partial charge in [0, 0.05) is 24.2 Å². The summed E-state index contributed by atoms with van der Waals surface area (Å²) >= 11 is 0. The summed E-state index contributed by atoms with van der Waals surface area (Å²) in [6, 6.07) is 21.3. The Morgan fingerprint density at radius 2 is 1.28 bits per heavy atom. The van der Waals surface area contributed by atoms with Gasteiger partial charge in [0.1, 0.15) is 23.7 Å². The second-order valence-corrected chi connectivity index (χ2v) is 15.3. The number of methoxy groups -OCH3 is 2. The lowest BCUT2D eigenvalue weighted by Gasteiger charge is -2.30. The number of carbonyl (C=O) groups excluding carboxylic acids is 4. The maximum Gasteiger partial charge on any atom is 0.407 e. The molecule has 0 aliphatic carbocycles. The molecule has 3 aromatic carbocycles. The zero-order chi connectivity index (χ0) is 42.3. The highest BCUT2D eigenvalue weighted by Gasteiger charge is 2.39. The lowest BCUT2D eigenvalue weighted by atomic mass is 9.96. The summed E-state index contributed by atoms with van der Waals surface area (Å²) < 4.78 is 9.61. The topological polar surface area (TPSA) is 175 Å². The molecule has 2 aliphatic rings. The van der Waals surface area contributed by atoms with Gasteiger partial charge in [-0.2, -0.15) is 0 Å². The van der Waals surface area contributed by atoms with Crippen molar-refractivity contribution in [1.29, 1.82) is 0 Å². The average Bonchev–Trinajstić information content (AvgIpc) is 4.12. The molecule has 310 valence electrons. The number of hydrogen-bond donors (Lipinski definition) is 4. The van der Waals surface area contributed by atoms with Gasteiger partial charge in [-0.3, -0.25) is 9.59 Å². The van der Waals surface area contributed by atoms with Crippen LogP contribution in [0.5, 0.6) is 0 Å². The molecule has 4 N–H and O–H groups in total. The third-order valence-electron chi connectivity index (χ3n) is 11.2. The van der Waals surface area contributed by atoms with Crippen molar-refractivity contribution >= 4 is 24.0 Å². The Morgan fingerprint density at radius 1 is 0.733 bits per heavy atom. The van der Waals surface area contributed by atoms with E-state index in [2.05, 4.69) is 50.6 Å². The Hall–Kier alpha value is -6.88. The monoisotopic (exact) mass is 810 g/mol. The third-order valence-corrected chi connectivity index (χ3v) is 11.2. The van der Waals surface area contributed by atoms with Crippen LogP contribution in [0.25, 0.3) is 33.6 Å². The number of rotatable bonds is 11. The number of aromatic amines is 2. The van der Waals surface area contributed by atoms with Gasteiger partial charge in [0.2, 0.25) is 5.91 Å². The molecule has 60 heavy (non-hydrogen) atoms. The zero-order valence-corrected chi connectivity index (χ0v) is 34.5. The molecular weight excluding hydrogens is 761 g/mol. The van der Waals surface area contributed by atoms with Gasteiger partial charge in [-0.1, -0.05) is 86.5 Å². The number of alkyl carbamates (subject to hydrolysis) is 2. The number of carbonyl (C=O) groups is 4. The lowest BCUT2D eigenvalue weighted by Crippen LogP contribution is -2.51. The molecule has 2 saturated heterocycles. The van der Waals surface area contributed by atoms with Gasteiger partial charge < -0.3 is 39.9 Å². The number of likely N-dealkylation sites (tertiary alicyclic amines) is 2. The Balaban J connectivity index is 1.06. The van der Waals surface area contributed by atoms with Crippen LogP contribution in [0.1, 0.15) is 87.4 Å². The van der Waals surface area contributed by atoms with Gasteiger partial charge in [-0.05, 0) is 66.8 Å². The molecule has 0 radical (unpaired) electrons. The fraction of sp³-hybridized carbons (Fsp3) is 0.348. The normalized spacial score (nSPS) is 17.1. The highest BCUT2D eigenvalue weighted by Crippen LogP contribution is 2.36. The van der Waals surface area contributed by atoms with Gasteiger partial charge in [0.25, 0.3) is 5.91 Å². The number of aromatic nitrogens is 4. The van der Waals surface area contributed by atoms with E-state index in [0.717, 1.165) is 64.9 Å². The van der Waals surface area contributed by atoms with E-state index in [9.17, 15) is 19.2 Å². The predicted molar refractivity (Wildman–Crippen MR) is 226 cm³/mol. The number of imidazole rings is 2. The Labute approximate surface area is 349 Å². The van der Waals surface area contributed by atoms with Crippen LogP contribution in [-0.2, 0) is 19.1 Å². The summed E-state index contributed by atoms with van der Waals surface area (Å²) in [7, 11) is 2.56. The standard InChI is InChI=1S/C46H50N8O6/c1-6-12-32-25-33(36-27-48-42(50-36)37-15-10-23-53(37)43(55)39(28(2)3)51-45(57)59-4)21-22-34(32)29-17-19-30(20-18-29)35-26-47-41(49-35)38-16-11-24-54(38)44(56)40(52-46(58)60-5)31-13-8-7-9-14-31/h7-9,13-14,17-22,25-28,37-40H,10-11,15-16,23-24H2,1-5H3,(H,47,49)(H,48,50)(H,51,57)(H,52,58)/t37-,38-,39-,40+/m0/s1.